The fourth-order valence-corrected chi connectivity index (χ4v) is 3.79. The lowest BCUT2D eigenvalue weighted by atomic mass is 9.46. The van der Waals surface area contributed by atoms with Crippen molar-refractivity contribution >= 4 is 10.1 Å². The highest BCUT2D eigenvalue weighted by Crippen LogP contribution is 2.61. The van der Waals surface area contributed by atoms with Crippen LogP contribution in [-0.2, 0) is 14.3 Å². The molecule has 0 unspecified atom stereocenters. The molecule has 0 N–H and O–H groups in total. The minimum absolute atomic E-state index is 0.389. The topological polar surface area (TPSA) is 43.4 Å². The van der Waals surface area contributed by atoms with Crippen molar-refractivity contribution in [2.24, 2.45) is 23.2 Å². The molecule has 3 saturated carbocycles. The summed E-state index contributed by atoms with van der Waals surface area (Å²) in [7, 11) is -3.27. The van der Waals surface area contributed by atoms with E-state index < -0.39 is 10.1 Å². The normalized spacial score (nSPS) is 38.5. The van der Waals surface area contributed by atoms with Crippen LogP contribution in [0.25, 0.3) is 0 Å². The molecule has 0 amide bonds. The molecule has 0 saturated heterocycles. The summed E-state index contributed by atoms with van der Waals surface area (Å²) in [5, 5.41) is 0. The standard InChI is InChI=1S/C11H20O3S/c1-11(2)9-5-4-8(10(11)6-9)7-14-15(3,12)13/h8-10H,4-7H2,1-3H3/t8-,9+,10+/m1/s1. The van der Waals surface area contributed by atoms with Crippen molar-refractivity contribution in [3.8, 4) is 0 Å². The molecule has 2 bridgehead atoms. The van der Waals surface area contributed by atoms with Crippen LogP contribution in [0.3, 0.4) is 0 Å². The summed E-state index contributed by atoms with van der Waals surface area (Å²) >= 11 is 0. The van der Waals surface area contributed by atoms with Crippen molar-refractivity contribution in [1.29, 1.82) is 0 Å². The van der Waals surface area contributed by atoms with E-state index in [-0.39, 0.29) is 0 Å². The van der Waals surface area contributed by atoms with Crippen LogP contribution < -0.4 is 0 Å². The van der Waals surface area contributed by atoms with Crippen molar-refractivity contribution < 1.29 is 12.6 Å². The predicted octanol–water partition coefficient (Wildman–Crippen LogP) is 2.03. The molecule has 0 radical (unpaired) electrons. The third-order valence-corrected chi connectivity index (χ3v) is 5.06. The first-order valence-electron chi connectivity index (χ1n) is 5.65. The van der Waals surface area contributed by atoms with Crippen LogP contribution >= 0.6 is 0 Å². The quantitative estimate of drug-likeness (QED) is 0.699. The molecule has 0 aromatic heterocycles. The Kier molecular flexibility index (Phi) is 2.62. The summed E-state index contributed by atoms with van der Waals surface area (Å²) in [5.74, 6) is 1.97. The lowest BCUT2D eigenvalue weighted by molar-refractivity contribution is -0.113. The molecule has 0 aromatic carbocycles. The SMILES string of the molecule is CC1(C)[C@H]2CC[C@H](COS(C)(=O)=O)[C@@H]1C2. The molecule has 4 heteroatoms. The van der Waals surface area contributed by atoms with Crippen molar-refractivity contribution in [3.63, 3.8) is 0 Å². The highest BCUT2D eigenvalue weighted by molar-refractivity contribution is 7.85. The summed E-state index contributed by atoms with van der Waals surface area (Å²) in [4.78, 5) is 0. The fourth-order valence-electron chi connectivity index (χ4n) is 3.37. The Balaban J connectivity index is 1.94. The zero-order chi connectivity index (χ0) is 11.3. The molecular formula is C11H20O3S. The smallest absolute Gasteiger partial charge is 0.264 e. The van der Waals surface area contributed by atoms with Gasteiger partial charge in [0.2, 0.25) is 0 Å². The molecule has 0 aromatic rings. The van der Waals surface area contributed by atoms with Crippen LogP contribution in [0.2, 0.25) is 0 Å². The van der Waals surface area contributed by atoms with E-state index in [0.29, 0.717) is 23.9 Å². The van der Waals surface area contributed by atoms with E-state index in [4.69, 9.17) is 4.18 Å². The predicted molar refractivity (Wildman–Crippen MR) is 58.9 cm³/mol. The number of hydrogen-bond acceptors (Lipinski definition) is 3. The molecule has 3 nitrogen and oxygen atoms in total. The largest absolute Gasteiger partial charge is 0.270 e. The zero-order valence-corrected chi connectivity index (χ0v) is 10.5. The summed E-state index contributed by atoms with van der Waals surface area (Å²) in [5.41, 5.74) is 0.407. The Bertz CT molecular complexity index is 343. The Hall–Kier alpha value is -0.0900. The van der Waals surface area contributed by atoms with Gasteiger partial charge in [0.1, 0.15) is 0 Å². The molecule has 3 aliphatic rings. The summed E-state index contributed by atoms with van der Waals surface area (Å²) in [6, 6.07) is 0. The minimum Gasteiger partial charge on any atom is -0.270 e. The van der Waals surface area contributed by atoms with Gasteiger partial charge in [0.15, 0.2) is 0 Å². The Morgan fingerprint density at radius 1 is 1.33 bits per heavy atom. The van der Waals surface area contributed by atoms with Gasteiger partial charge in [0.25, 0.3) is 10.1 Å². The average Bonchev–Trinajstić information content (AvgIpc) is 2.13. The Labute approximate surface area is 92.3 Å². The lowest BCUT2D eigenvalue weighted by Crippen LogP contribution is -2.53. The Morgan fingerprint density at radius 2 is 2.00 bits per heavy atom. The molecule has 0 heterocycles. The summed E-state index contributed by atoms with van der Waals surface area (Å²) < 4.78 is 26.8. The maximum Gasteiger partial charge on any atom is 0.264 e. The van der Waals surface area contributed by atoms with E-state index in [9.17, 15) is 8.42 Å². The van der Waals surface area contributed by atoms with E-state index in [1.54, 1.807) is 0 Å². The molecule has 88 valence electrons. The Morgan fingerprint density at radius 3 is 2.47 bits per heavy atom. The van der Waals surface area contributed by atoms with Crippen molar-refractivity contribution in [1.82, 2.24) is 0 Å². The molecule has 15 heavy (non-hydrogen) atoms. The molecule has 3 fully saturated rings. The average molecular weight is 232 g/mol. The van der Waals surface area contributed by atoms with E-state index in [1.165, 1.54) is 12.8 Å². The maximum atomic E-state index is 10.9. The first-order chi connectivity index (χ1) is 6.81. The van der Waals surface area contributed by atoms with Gasteiger partial charge in [-0.05, 0) is 42.4 Å². The third kappa shape index (κ3) is 2.07. The van der Waals surface area contributed by atoms with Gasteiger partial charge in [-0.1, -0.05) is 13.8 Å². The fraction of sp³-hybridized carbons (Fsp3) is 1.00. The first kappa shape index (κ1) is 11.4. The van der Waals surface area contributed by atoms with E-state index in [0.717, 1.165) is 18.6 Å². The second-order valence-electron chi connectivity index (χ2n) is 5.69. The van der Waals surface area contributed by atoms with Gasteiger partial charge in [-0.2, -0.15) is 8.42 Å². The van der Waals surface area contributed by atoms with Crippen molar-refractivity contribution in [3.05, 3.63) is 0 Å². The molecule has 0 spiro atoms. The number of rotatable bonds is 3. The van der Waals surface area contributed by atoms with Crippen LogP contribution in [0, 0.1) is 23.2 Å². The highest BCUT2D eigenvalue weighted by atomic mass is 32.2. The van der Waals surface area contributed by atoms with E-state index in [2.05, 4.69) is 13.8 Å². The third-order valence-electron chi connectivity index (χ3n) is 4.50. The monoisotopic (exact) mass is 232 g/mol. The van der Waals surface area contributed by atoms with Crippen LogP contribution in [-0.4, -0.2) is 21.3 Å². The van der Waals surface area contributed by atoms with Gasteiger partial charge in [0, 0.05) is 0 Å². The molecule has 3 atom stereocenters. The highest BCUT2D eigenvalue weighted by Gasteiger charge is 2.54. The molecule has 0 aliphatic heterocycles. The van der Waals surface area contributed by atoms with Gasteiger partial charge < -0.3 is 0 Å². The van der Waals surface area contributed by atoms with E-state index >= 15 is 0 Å². The van der Waals surface area contributed by atoms with Gasteiger partial charge in [-0.25, -0.2) is 0 Å². The molecule has 3 rings (SSSR count). The summed E-state index contributed by atoms with van der Waals surface area (Å²) in [6.07, 6.45) is 4.77. The summed E-state index contributed by atoms with van der Waals surface area (Å²) in [6.45, 7) is 5.00. The number of fused-ring (bicyclic) bond motifs is 2. The second kappa shape index (κ2) is 3.45. The van der Waals surface area contributed by atoms with Gasteiger partial charge >= 0.3 is 0 Å². The van der Waals surface area contributed by atoms with Gasteiger partial charge in [0.05, 0.1) is 12.9 Å². The van der Waals surface area contributed by atoms with Crippen LogP contribution in [0.15, 0.2) is 0 Å². The molecule has 3 aliphatic carbocycles. The van der Waals surface area contributed by atoms with Crippen molar-refractivity contribution in [2.75, 3.05) is 12.9 Å². The van der Waals surface area contributed by atoms with Crippen LogP contribution in [0.1, 0.15) is 33.1 Å². The van der Waals surface area contributed by atoms with Gasteiger partial charge in [-0.15, -0.1) is 0 Å². The van der Waals surface area contributed by atoms with E-state index in [1.807, 2.05) is 0 Å². The van der Waals surface area contributed by atoms with Gasteiger partial charge in [-0.3, -0.25) is 4.18 Å². The lowest BCUT2D eigenvalue weighted by Gasteiger charge is -2.60. The molecular weight excluding hydrogens is 212 g/mol. The minimum atomic E-state index is -3.27. The first-order valence-corrected chi connectivity index (χ1v) is 7.47. The number of hydrogen-bond donors (Lipinski definition) is 0. The van der Waals surface area contributed by atoms with Crippen molar-refractivity contribution in [2.45, 2.75) is 33.1 Å². The maximum absolute atomic E-state index is 10.9. The van der Waals surface area contributed by atoms with Crippen LogP contribution in [0.4, 0.5) is 0 Å². The zero-order valence-electron chi connectivity index (χ0n) is 9.69. The van der Waals surface area contributed by atoms with Crippen LogP contribution in [0.5, 0.6) is 0 Å². The second-order valence-corrected chi connectivity index (χ2v) is 7.33.